The Labute approximate surface area is 119 Å². The highest BCUT2D eigenvalue weighted by Crippen LogP contribution is 2.41. The Morgan fingerprint density at radius 2 is 1.85 bits per heavy atom. The van der Waals surface area contributed by atoms with Gasteiger partial charge in [-0.15, -0.1) is 0 Å². The topological polar surface area (TPSA) is 55.8 Å². The Morgan fingerprint density at radius 3 is 2.25 bits per heavy atom. The average Bonchev–Trinajstić information content (AvgIpc) is 2.28. The molecular formula is C14H21FO4Si. The molecule has 4 nitrogen and oxygen atoms in total. The van der Waals surface area contributed by atoms with E-state index in [0.717, 1.165) is 6.07 Å². The fraction of sp³-hybridized carbons (Fsp3) is 0.500. The molecule has 0 unspecified atom stereocenters. The van der Waals surface area contributed by atoms with Gasteiger partial charge >= 0.3 is 5.97 Å². The van der Waals surface area contributed by atoms with Crippen LogP contribution in [-0.2, 0) is 0 Å². The summed E-state index contributed by atoms with van der Waals surface area (Å²) in [4.78, 5) is 11.2. The first-order valence-corrected chi connectivity index (χ1v) is 9.21. The lowest BCUT2D eigenvalue weighted by atomic mass is 10.2. The van der Waals surface area contributed by atoms with Gasteiger partial charge in [-0.2, -0.15) is 0 Å². The number of halogens is 1. The summed E-state index contributed by atoms with van der Waals surface area (Å²) >= 11 is 0. The average molecular weight is 300 g/mol. The van der Waals surface area contributed by atoms with Crippen LogP contribution in [0, 0.1) is 5.82 Å². The van der Waals surface area contributed by atoms with Gasteiger partial charge in [0.1, 0.15) is 17.1 Å². The fourth-order valence-electron chi connectivity index (χ4n) is 1.45. The largest absolute Gasteiger partial charge is 0.541 e. The Hall–Kier alpha value is -1.56. The molecule has 1 N–H and O–H groups in total. The molecule has 0 atom stereocenters. The van der Waals surface area contributed by atoms with E-state index in [9.17, 15) is 9.18 Å². The van der Waals surface area contributed by atoms with Crippen LogP contribution >= 0.6 is 0 Å². The van der Waals surface area contributed by atoms with Crippen LogP contribution in [0.15, 0.2) is 12.1 Å². The van der Waals surface area contributed by atoms with E-state index in [0.29, 0.717) is 0 Å². The molecule has 0 saturated heterocycles. The number of methoxy groups -OCH3 is 1. The van der Waals surface area contributed by atoms with Crippen molar-refractivity contribution < 1.29 is 23.5 Å². The molecule has 0 aliphatic rings. The highest BCUT2D eigenvalue weighted by Gasteiger charge is 2.40. The number of carboxylic acid groups (broad SMARTS) is 1. The molecule has 0 saturated carbocycles. The smallest absolute Gasteiger partial charge is 0.342 e. The second kappa shape index (κ2) is 5.44. The first-order chi connectivity index (χ1) is 9.01. The Balaban J connectivity index is 3.34. The van der Waals surface area contributed by atoms with E-state index in [1.54, 1.807) is 0 Å². The Morgan fingerprint density at radius 1 is 1.30 bits per heavy atom. The van der Waals surface area contributed by atoms with E-state index < -0.39 is 25.7 Å². The summed E-state index contributed by atoms with van der Waals surface area (Å²) in [7, 11) is -0.859. The van der Waals surface area contributed by atoms with Gasteiger partial charge in [0.05, 0.1) is 7.11 Å². The summed E-state index contributed by atoms with van der Waals surface area (Å²) in [6.07, 6.45) is 0. The zero-order valence-electron chi connectivity index (χ0n) is 12.7. The van der Waals surface area contributed by atoms with Crippen molar-refractivity contribution in [2.24, 2.45) is 0 Å². The van der Waals surface area contributed by atoms with E-state index in [1.807, 2.05) is 13.1 Å². The third kappa shape index (κ3) is 3.12. The number of carboxylic acids is 1. The van der Waals surface area contributed by atoms with Gasteiger partial charge in [0.15, 0.2) is 5.75 Å². The molecule has 0 fully saturated rings. The summed E-state index contributed by atoms with van der Waals surface area (Å²) in [5.41, 5.74) is -0.497. The van der Waals surface area contributed by atoms with Gasteiger partial charge in [-0.1, -0.05) is 20.8 Å². The minimum absolute atomic E-state index is 0.0597. The zero-order chi connectivity index (χ0) is 15.7. The van der Waals surface area contributed by atoms with Gasteiger partial charge in [0, 0.05) is 0 Å². The van der Waals surface area contributed by atoms with Crippen LogP contribution in [0.2, 0.25) is 18.1 Å². The Kier molecular flexibility index (Phi) is 4.48. The molecule has 1 aromatic rings. The number of carbonyl (C=O) groups is 1. The first-order valence-electron chi connectivity index (χ1n) is 6.30. The van der Waals surface area contributed by atoms with Crippen LogP contribution in [0.3, 0.4) is 0 Å². The lowest BCUT2D eigenvalue weighted by Gasteiger charge is -2.36. The summed E-state index contributed by atoms with van der Waals surface area (Å²) in [5, 5.41) is 9.04. The van der Waals surface area contributed by atoms with Gasteiger partial charge in [-0.05, 0) is 30.3 Å². The molecule has 0 amide bonds. The van der Waals surface area contributed by atoms with Crippen molar-refractivity contribution in [2.75, 3.05) is 7.11 Å². The molecule has 20 heavy (non-hydrogen) atoms. The minimum atomic E-state index is -2.16. The molecule has 0 aliphatic heterocycles. The molecule has 0 radical (unpaired) electrons. The van der Waals surface area contributed by atoms with Crippen molar-refractivity contribution in [3.8, 4) is 11.5 Å². The maximum Gasteiger partial charge on any atom is 0.342 e. The Bertz CT molecular complexity index is 521. The van der Waals surface area contributed by atoms with Crippen LogP contribution in [0.25, 0.3) is 0 Å². The summed E-state index contributed by atoms with van der Waals surface area (Å²) in [6.45, 7) is 10.2. The summed E-state index contributed by atoms with van der Waals surface area (Å²) < 4.78 is 24.7. The monoisotopic (exact) mass is 300 g/mol. The number of ether oxygens (including phenoxy) is 1. The number of benzene rings is 1. The van der Waals surface area contributed by atoms with E-state index in [4.69, 9.17) is 14.3 Å². The van der Waals surface area contributed by atoms with Crippen molar-refractivity contribution in [1.82, 2.24) is 0 Å². The predicted octanol–water partition coefficient (Wildman–Crippen LogP) is 3.92. The third-order valence-corrected chi connectivity index (χ3v) is 8.00. The molecule has 6 heteroatoms. The zero-order valence-corrected chi connectivity index (χ0v) is 13.7. The van der Waals surface area contributed by atoms with Crippen LogP contribution in [-0.4, -0.2) is 26.5 Å². The number of aromatic carboxylic acids is 1. The fourth-order valence-corrected chi connectivity index (χ4v) is 2.47. The van der Waals surface area contributed by atoms with Crippen molar-refractivity contribution >= 4 is 14.3 Å². The van der Waals surface area contributed by atoms with Crippen LogP contribution < -0.4 is 9.16 Å². The van der Waals surface area contributed by atoms with E-state index in [1.165, 1.54) is 13.2 Å². The van der Waals surface area contributed by atoms with Crippen molar-refractivity contribution in [2.45, 2.75) is 38.9 Å². The van der Waals surface area contributed by atoms with E-state index >= 15 is 0 Å². The van der Waals surface area contributed by atoms with Gasteiger partial charge in [0.25, 0.3) is 8.32 Å². The summed E-state index contributed by atoms with van der Waals surface area (Å²) in [6, 6.07) is 2.51. The molecule has 112 valence electrons. The van der Waals surface area contributed by atoms with Crippen LogP contribution in [0.4, 0.5) is 4.39 Å². The number of hydrogen-bond donors (Lipinski definition) is 1. The molecule has 0 heterocycles. The highest BCUT2D eigenvalue weighted by atomic mass is 28.4. The van der Waals surface area contributed by atoms with Crippen LogP contribution in [0.1, 0.15) is 31.1 Å². The van der Waals surface area contributed by atoms with E-state index in [-0.39, 0.29) is 16.5 Å². The minimum Gasteiger partial charge on any atom is -0.541 e. The molecule has 0 aromatic heterocycles. The van der Waals surface area contributed by atoms with Crippen molar-refractivity contribution in [1.29, 1.82) is 0 Å². The maximum absolute atomic E-state index is 13.6. The normalized spacial score (nSPS) is 12.2. The predicted molar refractivity (Wildman–Crippen MR) is 77.7 cm³/mol. The van der Waals surface area contributed by atoms with Gasteiger partial charge < -0.3 is 14.3 Å². The lowest BCUT2D eigenvalue weighted by molar-refractivity contribution is 0.0687. The number of rotatable bonds is 4. The quantitative estimate of drug-likeness (QED) is 0.856. The SMILES string of the molecule is COc1c(O[Si](C)(C)C(C)(C)C)ccc(F)c1C(=O)O. The standard InChI is InChI=1S/C14H21FO4Si/c1-14(2,3)20(5,6)19-10-8-7-9(15)11(13(16)17)12(10)18-4/h7-8H,1-6H3,(H,16,17). The molecule has 0 aliphatic carbocycles. The number of hydrogen-bond acceptors (Lipinski definition) is 3. The van der Waals surface area contributed by atoms with Crippen molar-refractivity contribution in [3.05, 3.63) is 23.5 Å². The van der Waals surface area contributed by atoms with Crippen molar-refractivity contribution in [3.63, 3.8) is 0 Å². The van der Waals surface area contributed by atoms with Gasteiger partial charge in [-0.25, -0.2) is 9.18 Å². The van der Waals surface area contributed by atoms with Gasteiger partial charge in [0.2, 0.25) is 0 Å². The maximum atomic E-state index is 13.6. The summed E-state index contributed by atoms with van der Waals surface area (Å²) in [5.74, 6) is -2.00. The molecule has 0 spiro atoms. The molecular weight excluding hydrogens is 279 g/mol. The molecule has 1 aromatic carbocycles. The van der Waals surface area contributed by atoms with Crippen LogP contribution in [0.5, 0.6) is 11.5 Å². The molecule has 1 rings (SSSR count). The first kappa shape index (κ1) is 16.5. The lowest BCUT2D eigenvalue weighted by Crippen LogP contribution is -2.44. The molecule has 0 bridgehead atoms. The van der Waals surface area contributed by atoms with E-state index in [2.05, 4.69) is 20.8 Å². The third-order valence-electron chi connectivity index (χ3n) is 3.66. The highest BCUT2D eigenvalue weighted by molar-refractivity contribution is 6.74. The second-order valence-corrected chi connectivity index (χ2v) is 10.8. The second-order valence-electron chi connectivity index (χ2n) is 6.12. The van der Waals surface area contributed by atoms with Gasteiger partial charge in [-0.3, -0.25) is 0 Å².